The number of carbonyl (C=O) groups excluding carboxylic acids is 1. The lowest BCUT2D eigenvalue weighted by Crippen LogP contribution is -2.39. The molecule has 1 saturated heterocycles. The summed E-state index contributed by atoms with van der Waals surface area (Å²) in [7, 11) is 3.09. The van der Waals surface area contributed by atoms with Gasteiger partial charge in [-0.3, -0.25) is 4.79 Å². The highest BCUT2D eigenvalue weighted by atomic mass is 19.1. The van der Waals surface area contributed by atoms with Gasteiger partial charge in [-0.15, -0.1) is 0 Å². The van der Waals surface area contributed by atoms with Crippen LogP contribution in [0.3, 0.4) is 0 Å². The van der Waals surface area contributed by atoms with Crippen molar-refractivity contribution in [3.8, 4) is 22.9 Å². The molecule has 2 heterocycles. The van der Waals surface area contributed by atoms with E-state index in [2.05, 4.69) is 10.1 Å². The van der Waals surface area contributed by atoms with E-state index in [0.717, 1.165) is 12.8 Å². The molecular weight excluding hydrogens is 389 g/mol. The van der Waals surface area contributed by atoms with Crippen molar-refractivity contribution >= 4 is 5.91 Å². The Hall–Kier alpha value is -3.42. The molecule has 156 valence electrons. The Bertz CT molecular complexity index is 1040. The van der Waals surface area contributed by atoms with Gasteiger partial charge in [0.05, 0.1) is 20.1 Å². The quantitative estimate of drug-likeness (QED) is 0.633. The summed E-state index contributed by atoms with van der Waals surface area (Å²) >= 11 is 0. The van der Waals surface area contributed by atoms with Crippen LogP contribution in [0.25, 0.3) is 11.4 Å². The molecule has 0 spiro atoms. The monoisotopic (exact) mass is 411 g/mol. The lowest BCUT2D eigenvalue weighted by Gasteiger charge is -2.31. The van der Waals surface area contributed by atoms with Gasteiger partial charge in [0, 0.05) is 24.2 Å². The first-order chi connectivity index (χ1) is 14.6. The Morgan fingerprint density at radius 3 is 2.63 bits per heavy atom. The smallest absolute Gasteiger partial charge is 0.254 e. The first-order valence-electron chi connectivity index (χ1n) is 9.70. The molecule has 4 rings (SSSR count). The van der Waals surface area contributed by atoms with Gasteiger partial charge in [-0.1, -0.05) is 5.16 Å². The Kier molecular flexibility index (Phi) is 5.65. The largest absolute Gasteiger partial charge is 0.493 e. The van der Waals surface area contributed by atoms with Crippen molar-refractivity contribution in [3.05, 3.63) is 59.7 Å². The minimum Gasteiger partial charge on any atom is -0.493 e. The van der Waals surface area contributed by atoms with Crippen molar-refractivity contribution < 1.29 is 23.2 Å². The van der Waals surface area contributed by atoms with Gasteiger partial charge in [-0.05, 0) is 55.3 Å². The van der Waals surface area contributed by atoms with Crippen LogP contribution in [-0.4, -0.2) is 48.3 Å². The van der Waals surface area contributed by atoms with Crippen LogP contribution in [0.1, 0.15) is 35.0 Å². The van der Waals surface area contributed by atoms with Crippen LogP contribution >= 0.6 is 0 Å². The number of benzene rings is 2. The zero-order valence-corrected chi connectivity index (χ0v) is 16.8. The molecule has 0 radical (unpaired) electrons. The minimum atomic E-state index is -0.320. The van der Waals surface area contributed by atoms with Crippen molar-refractivity contribution in [3.63, 3.8) is 0 Å². The Morgan fingerprint density at radius 2 is 1.90 bits per heavy atom. The summed E-state index contributed by atoms with van der Waals surface area (Å²) in [4.78, 5) is 19.3. The fraction of sp³-hybridized carbons (Fsp3) is 0.318. The predicted octanol–water partition coefficient (Wildman–Crippen LogP) is 3.91. The van der Waals surface area contributed by atoms with Crippen LogP contribution in [0, 0.1) is 5.82 Å². The Labute approximate surface area is 173 Å². The van der Waals surface area contributed by atoms with E-state index < -0.39 is 0 Å². The van der Waals surface area contributed by atoms with E-state index in [1.807, 2.05) is 0 Å². The van der Waals surface area contributed by atoms with E-state index in [-0.39, 0.29) is 17.6 Å². The molecule has 3 aromatic rings. The van der Waals surface area contributed by atoms with E-state index in [0.29, 0.717) is 47.4 Å². The van der Waals surface area contributed by atoms with Gasteiger partial charge >= 0.3 is 0 Å². The standard InChI is InChI=1S/C22H22FN3O4/c1-28-18-10-7-15(12-19(18)29-2)22(27)26-11-3-4-16(13-26)21-24-20(25-30-21)14-5-8-17(23)9-6-14/h5-10,12,16H,3-4,11,13H2,1-2H3/t16-/m1/s1. The van der Waals surface area contributed by atoms with Gasteiger partial charge in [0.25, 0.3) is 5.91 Å². The lowest BCUT2D eigenvalue weighted by molar-refractivity contribution is 0.0695. The van der Waals surface area contributed by atoms with Gasteiger partial charge in [0.15, 0.2) is 11.5 Å². The summed E-state index contributed by atoms with van der Waals surface area (Å²) in [5.41, 5.74) is 1.21. The number of amides is 1. The highest BCUT2D eigenvalue weighted by Gasteiger charge is 2.29. The number of halogens is 1. The van der Waals surface area contributed by atoms with Gasteiger partial charge in [-0.25, -0.2) is 4.39 Å². The van der Waals surface area contributed by atoms with Crippen molar-refractivity contribution in [2.24, 2.45) is 0 Å². The molecule has 1 atom stereocenters. The van der Waals surface area contributed by atoms with Gasteiger partial charge in [0.1, 0.15) is 5.82 Å². The predicted molar refractivity (Wildman–Crippen MR) is 107 cm³/mol. The number of aromatic nitrogens is 2. The second-order valence-corrected chi connectivity index (χ2v) is 7.12. The fourth-order valence-corrected chi connectivity index (χ4v) is 3.63. The van der Waals surface area contributed by atoms with E-state index in [4.69, 9.17) is 14.0 Å². The van der Waals surface area contributed by atoms with E-state index in [1.165, 1.54) is 19.2 Å². The summed E-state index contributed by atoms with van der Waals surface area (Å²) in [6.07, 6.45) is 1.68. The summed E-state index contributed by atoms with van der Waals surface area (Å²) in [5.74, 6) is 1.53. The topological polar surface area (TPSA) is 77.7 Å². The molecule has 2 aromatic carbocycles. The summed E-state index contributed by atoms with van der Waals surface area (Å²) in [6.45, 7) is 1.14. The molecular formula is C22H22FN3O4. The molecule has 1 aliphatic heterocycles. The van der Waals surface area contributed by atoms with Gasteiger partial charge in [-0.2, -0.15) is 4.98 Å². The van der Waals surface area contributed by atoms with Crippen molar-refractivity contribution in [2.45, 2.75) is 18.8 Å². The molecule has 7 nitrogen and oxygen atoms in total. The second kappa shape index (κ2) is 8.52. The molecule has 0 unspecified atom stereocenters. The number of carbonyl (C=O) groups is 1. The van der Waals surface area contributed by atoms with Crippen LogP contribution in [0.5, 0.6) is 11.5 Å². The van der Waals surface area contributed by atoms with Crippen LogP contribution in [0.4, 0.5) is 4.39 Å². The first-order valence-corrected chi connectivity index (χ1v) is 9.70. The molecule has 8 heteroatoms. The number of piperidine rings is 1. The number of methoxy groups -OCH3 is 2. The lowest BCUT2D eigenvalue weighted by atomic mass is 9.97. The normalized spacial score (nSPS) is 16.4. The minimum absolute atomic E-state index is 0.0513. The number of hydrogen-bond acceptors (Lipinski definition) is 6. The number of nitrogens with zero attached hydrogens (tertiary/aromatic N) is 3. The van der Waals surface area contributed by atoms with Crippen molar-refractivity contribution in [2.75, 3.05) is 27.3 Å². The molecule has 1 aromatic heterocycles. The summed E-state index contributed by atoms with van der Waals surface area (Å²) in [6, 6.07) is 11.1. The van der Waals surface area contributed by atoms with E-state index in [1.54, 1.807) is 42.3 Å². The Morgan fingerprint density at radius 1 is 1.13 bits per heavy atom. The third-order valence-corrected chi connectivity index (χ3v) is 5.23. The Balaban J connectivity index is 1.49. The first kappa shape index (κ1) is 19.9. The van der Waals surface area contributed by atoms with Gasteiger partial charge in [0.2, 0.25) is 11.7 Å². The zero-order chi connectivity index (χ0) is 21.1. The summed E-state index contributed by atoms with van der Waals surface area (Å²) in [5, 5.41) is 4.02. The maximum absolute atomic E-state index is 13.1. The molecule has 1 fully saturated rings. The fourth-order valence-electron chi connectivity index (χ4n) is 3.63. The average Bonchev–Trinajstić information content (AvgIpc) is 3.29. The average molecular weight is 411 g/mol. The van der Waals surface area contributed by atoms with E-state index >= 15 is 0 Å². The van der Waals surface area contributed by atoms with Crippen molar-refractivity contribution in [1.29, 1.82) is 0 Å². The maximum Gasteiger partial charge on any atom is 0.254 e. The highest BCUT2D eigenvalue weighted by molar-refractivity contribution is 5.95. The molecule has 0 bridgehead atoms. The number of hydrogen-bond donors (Lipinski definition) is 0. The summed E-state index contributed by atoms with van der Waals surface area (Å²) < 4.78 is 29.1. The van der Waals surface area contributed by atoms with Crippen LogP contribution < -0.4 is 9.47 Å². The number of rotatable bonds is 5. The molecule has 1 amide bonds. The zero-order valence-electron chi connectivity index (χ0n) is 16.8. The third kappa shape index (κ3) is 3.98. The molecule has 0 N–H and O–H groups in total. The van der Waals surface area contributed by atoms with Crippen molar-refractivity contribution in [1.82, 2.24) is 15.0 Å². The molecule has 0 aliphatic carbocycles. The third-order valence-electron chi connectivity index (χ3n) is 5.23. The number of ether oxygens (including phenoxy) is 2. The van der Waals surface area contributed by atoms with Gasteiger partial charge < -0.3 is 18.9 Å². The van der Waals surface area contributed by atoms with Crippen LogP contribution in [0.15, 0.2) is 47.0 Å². The van der Waals surface area contributed by atoms with Crippen LogP contribution in [0.2, 0.25) is 0 Å². The second-order valence-electron chi connectivity index (χ2n) is 7.12. The molecule has 0 saturated carbocycles. The molecule has 30 heavy (non-hydrogen) atoms. The van der Waals surface area contributed by atoms with Crippen LogP contribution in [-0.2, 0) is 0 Å². The SMILES string of the molecule is COc1ccc(C(=O)N2CCC[C@@H](c3nc(-c4ccc(F)cc4)no3)C2)cc1OC. The number of likely N-dealkylation sites (tertiary alicyclic amines) is 1. The maximum atomic E-state index is 13.1. The highest BCUT2D eigenvalue weighted by Crippen LogP contribution is 2.31. The molecule has 1 aliphatic rings. The van der Waals surface area contributed by atoms with E-state index in [9.17, 15) is 9.18 Å².